The van der Waals surface area contributed by atoms with Gasteiger partial charge in [-0.25, -0.2) is 9.79 Å². The molecule has 0 N–H and O–H groups in total. The van der Waals surface area contributed by atoms with Gasteiger partial charge in [0.15, 0.2) is 4.80 Å². The molecule has 6 rings (SSSR count). The molecule has 1 aliphatic rings. The largest absolute Gasteiger partial charge is 0.497 e. The monoisotopic (exact) mass is 670 g/mol. The van der Waals surface area contributed by atoms with Gasteiger partial charge in [0, 0.05) is 26.7 Å². The Kier molecular flexibility index (Phi) is 9.40. The average molecular weight is 672 g/mol. The summed E-state index contributed by atoms with van der Waals surface area (Å²) in [5.74, 6) is 0.681. The first-order valence-electron chi connectivity index (χ1n) is 14.5. The van der Waals surface area contributed by atoms with Gasteiger partial charge in [0.05, 0.1) is 35.6 Å². The molecule has 1 atom stereocenters. The third-order valence-corrected chi connectivity index (χ3v) is 8.98. The lowest BCUT2D eigenvalue weighted by atomic mass is 9.93. The van der Waals surface area contributed by atoms with Crippen molar-refractivity contribution < 1.29 is 19.0 Å². The number of hydrogen-bond acceptors (Lipinski definition) is 7. The maximum atomic E-state index is 14.3. The molecule has 232 valence electrons. The molecular weight excluding hydrogens is 643 g/mol. The quantitative estimate of drug-likeness (QED) is 0.161. The second-order valence-corrected chi connectivity index (χ2v) is 12.1. The number of nitrogens with zero attached hydrogens (tertiary/aromatic N) is 2. The summed E-state index contributed by atoms with van der Waals surface area (Å²) in [5, 5.41) is 1.04. The fourth-order valence-electron chi connectivity index (χ4n) is 5.21. The molecule has 7 nitrogen and oxygen atoms in total. The lowest BCUT2D eigenvalue weighted by molar-refractivity contribution is -0.138. The Morgan fingerprint density at radius 2 is 1.72 bits per heavy atom. The summed E-state index contributed by atoms with van der Waals surface area (Å²) in [5.41, 5.74) is 3.36. The van der Waals surface area contributed by atoms with E-state index in [1.165, 1.54) is 11.3 Å². The third-order valence-electron chi connectivity index (χ3n) is 7.41. The molecule has 0 saturated heterocycles. The molecule has 0 bridgehead atoms. The van der Waals surface area contributed by atoms with E-state index in [2.05, 4.69) is 0 Å². The molecule has 0 spiro atoms. The van der Waals surface area contributed by atoms with E-state index in [1.807, 2.05) is 72.8 Å². The second-order valence-electron chi connectivity index (χ2n) is 10.3. The molecule has 0 saturated carbocycles. The number of hydrogen-bond donors (Lipinski definition) is 0. The number of fused-ring (bicyclic) bond motifs is 1. The number of halogens is 2. The molecular formula is C36H28Cl2N2O5S. The van der Waals surface area contributed by atoms with Gasteiger partial charge in [0.1, 0.15) is 18.1 Å². The summed E-state index contributed by atoms with van der Waals surface area (Å²) in [6.07, 6.45) is 1.78. The Bertz CT molecular complexity index is 2120. The molecule has 0 amide bonds. The zero-order chi connectivity index (χ0) is 32.2. The summed E-state index contributed by atoms with van der Waals surface area (Å²) in [6, 6.07) is 28.6. The Hall–Kier alpha value is -4.63. The number of ether oxygens (including phenoxy) is 3. The van der Waals surface area contributed by atoms with Crippen LogP contribution in [0.2, 0.25) is 10.0 Å². The molecule has 2 heterocycles. The first kappa shape index (κ1) is 31.4. The van der Waals surface area contributed by atoms with E-state index in [4.69, 9.17) is 42.4 Å². The maximum absolute atomic E-state index is 14.3. The molecule has 0 unspecified atom stereocenters. The topological polar surface area (TPSA) is 79.1 Å². The normalized spacial score (nSPS) is 14.4. The van der Waals surface area contributed by atoms with Gasteiger partial charge in [-0.2, -0.15) is 0 Å². The van der Waals surface area contributed by atoms with Crippen LogP contribution < -0.4 is 24.4 Å². The van der Waals surface area contributed by atoms with Crippen LogP contribution >= 0.6 is 34.5 Å². The van der Waals surface area contributed by atoms with Gasteiger partial charge >= 0.3 is 5.97 Å². The number of thiazole rings is 1. The molecule has 46 heavy (non-hydrogen) atoms. The van der Waals surface area contributed by atoms with Crippen LogP contribution in [-0.4, -0.2) is 24.3 Å². The third kappa shape index (κ3) is 6.37. The number of aromatic nitrogens is 1. The standard InChI is InChI=1S/C36H28Cl2N2O5S/c1-3-44-35(42)31-32(22-9-5-4-6-10-22)39-36-40(33(31)23-14-17-27(43-2)18-15-23)34(41)30(46-36)19-24-11-7-8-12-29(24)45-21-25-13-16-26(37)20-28(25)38/h4-20,33H,3,21H2,1-2H3/b30-19+/t33-/m1/s1. The minimum atomic E-state index is -0.794. The van der Waals surface area contributed by atoms with E-state index >= 15 is 0 Å². The first-order valence-corrected chi connectivity index (χ1v) is 16.0. The highest BCUT2D eigenvalue weighted by atomic mass is 35.5. The van der Waals surface area contributed by atoms with Crippen molar-refractivity contribution in [3.05, 3.63) is 155 Å². The molecule has 4 aromatic carbocycles. The number of rotatable bonds is 9. The van der Waals surface area contributed by atoms with Crippen LogP contribution in [0, 0.1) is 0 Å². The highest BCUT2D eigenvalue weighted by molar-refractivity contribution is 7.07. The molecule has 0 radical (unpaired) electrons. The van der Waals surface area contributed by atoms with Crippen molar-refractivity contribution in [2.75, 3.05) is 13.7 Å². The van der Waals surface area contributed by atoms with Gasteiger partial charge in [-0.1, -0.05) is 101 Å². The van der Waals surface area contributed by atoms with Crippen LogP contribution in [0.3, 0.4) is 0 Å². The number of esters is 1. The highest BCUT2D eigenvalue weighted by Gasteiger charge is 2.35. The van der Waals surface area contributed by atoms with Crippen LogP contribution in [0.25, 0.3) is 11.8 Å². The average Bonchev–Trinajstić information content (AvgIpc) is 3.38. The molecule has 0 aliphatic carbocycles. The van der Waals surface area contributed by atoms with Crippen LogP contribution in [-0.2, 0) is 16.1 Å². The molecule has 1 aliphatic heterocycles. The molecule has 0 fully saturated rings. The molecule has 5 aromatic rings. The van der Waals surface area contributed by atoms with E-state index in [0.29, 0.717) is 47.7 Å². The predicted octanol–water partition coefficient (Wildman–Crippen LogP) is 6.83. The predicted molar refractivity (Wildman–Crippen MR) is 181 cm³/mol. The molecule has 1 aromatic heterocycles. The SMILES string of the molecule is CCOC(=O)C1=C(c2ccccc2)N=c2s/c(=C/c3ccccc3OCc3ccc(Cl)cc3Cl)c(=O)n2[C@@H]1c1ccc(OC)cc1. The van der Waals surface area contributed by atoms with Crippen molar-refractivity contribution >= 4 is 52.3 Å². The number of methoxy groups -OCH3 is 1. The number of benzene rings is 4. The van der Waals surface area contributed by atoms with E-state index in [1.54, 1.807) is 48.9 Å². The number of carbonyl (C=O) groups excluding carboxylic acids is 1. The van der Waals surface area contributed by atoms with Crippen LogP contribution in [0.4, 0.5) is 0 Å². The Morgan fingerprint density at radius 1 is 0.978 bits per heavy atom. The minimum Gasteiger partial charge on any atom is -0.497 e. The van der Waals surface area contributed by atoms with Crippen molar-refractivity contribution in [1.82, 2.24) is 4.57 Å². The smallest absolute Gasteiger partial charge is 0.338 e. The van der Waals surface area contributed by atoms with Crippen molar-refractivity contribution in [1.29, 1.82) is 0 Å². The van der Waals surface area contributed by atoms with E-state index in [9.17, 15) is 9.59 Å². The number of para-hydroxylation sites is 1. The summed E-state index contributed by atoms with van der Waals surface area (Å²) < 4.78 is 19.1. The summed E-state index contributed by atoms with van der Waals surface area (Å²) in [4.78, 5) is 33.3. The van der Waals surface area contributed by atoms with Gasteiger partial charge in [0.2, 0.25) is 0 Å². The van der Waals surface area contributed by atoms with Crippen LogP contribution in [0.5, 0.6) is 11.5 Å². The van der Waals surface area contributed by atoms with Gasteiger partial charge < -0.3 is 14.2 Å². The lowest BCUT2D eigenvalue weighted by Crippen LogP contribution is -2.40. The first-order chi connectivity index (χ1) is 22.4. The summed E-state index contributed by atoms with van der Waals surface area (Å²) in [7, 11) is 1.58. The van der Waals surface area contributed by atoms with E-state index < -0.39 is 12.0 Å². The van der Waals surface area contributed by atoms with Crippen LogP contribution in [0.1, 0.15) is 35.2 Å². The van der Waals surface area contributed by atoms with Gasteiger partial charge in [-0.05, 0) is 48.9 Å². The molecule has 10 heteroatoms. The maximum Gasteiger partial charge on any atom is 0.338 e. The zero-order valence-electron chi connectivity index (χ0n) is 24.9. The lowest BCUT2D eigenvalue weighted by Gasteiger charge is -2.26. The van der Waals surface area contributed by atoms with Gasteiger partial charge in [0.25, 0.3) is 5.56 Å². The zero-order valence-corrected chi connectivity index (χ0v) is 27.2. The van der Waals surface area contributed by atoms with Crippen molar-refractivity contribution in [2.45, 2.75) is 19.6 Å². The van der Waals surface area contributed by atoms with Crippen molar-refractivity contribution in [3.63, 3.8) is 0 Å². The van der Waals surface area contributed by atoms with E-state index in [-0.39, 0.29) is 24.3 Å². The Labute approximate surface area is 279 Å². The van der Waals surface area contributed by atoms with Crippen molar-refractivity contribution in [2.24, 2.45) is 4.99 Å². The Morgan fingerprint density at radius 3 is 2.43 bits per heavy atom. The Balaban J connectivity index is 1.51. The fraction of sp³-hybridized carbons (Fsp3) is 0.139. The second kappa shape index (κ2) is 13.8. The number of carbonyl (C=O) groups is 1. The van der Waals surface area contributed by atoms with Crippen molar-refractivity contribution in [3.8, 4) is 11.5 Å². The van der Waals surface area contributed by atoms with Gasteiger partial charge in [-0.15, -0.1) is 0 Å². The summed E-state index contributed by atoms with van der Waals surface area (Å²) in [6.45, 7) is 2.13. The van der Waals surface area contributed by atoms with E-state index in [0.717, 1.165) is 11.1 Å². The fourth-order valence-corrected chi connectivity index (χ4v) is 6.66. The minimum absolute atomic E-state index is 0.169. The summed E-state index contributed by atoms with van der Waals surface area (Å²) >= 11 is 13.7. The van der Waals surface area contributed by atoms with Crippen LogP contribution in [0.15, 0.2) is 112 Å². The highest BCUT2D eigenvalue weighted by Crippen LogP contribution is 2.36. The van der Waals surface area contributed by atoms with Gasteiger partial charge in [-0.3, -0.25) is 9.36 Å².